The molecule has 2 N–H and O–H groups in total. The van der Waals surface area contributed by atoms with Crippen molar-refractivity contribution in [3.63, 3.8) is 0 Å². The molecule has 2 atom stereocenters. The van der Waals surface area contributed by atoms with Gasteiger partial charge in [-0.2, -0.15) is 0 Å². The molecule has 1 aliphatic rings. The summed E-state index contributed by atoms with van der Waals surface area (Å²) in [5.41, 5.74) is -1.09. The maximum absolute atomic E-state index is 11.2. The largest absolute Gasteiger partial charge is 0.385 e. The van der Waals surface area contributed by atoms with Crippen molar-refractivity contribution >= 4 is 15.7 Å². The second-order valence-corrected chi connectivity index (χ2v) is 6.35. The van der Waals surface area contributed by atoms with E-state index in [4.69, 9.17) is 4.74 Å². The van der Waals surface area contributed by atoms with E-state index in [1.54, 1.807) is 6.92 Å². The van der Waals surface area contributed by atoms with Gasteiger partial charge in [0.15, 0.2) is 9.84 Å². The van der Waals surface area contributed by atoms with E-state index in [-0.39, 0.29) is 12.6 Å². The van der Waals surface area contributed by atoms with Crippen LogP contribution < -0.4 is 5.32 Å². The molecule has 94 valence electrons. The zero-order chi connectivity index (χ0) is 12.4. The highest BCUT2D eigenvalue weighted by molar-refractivity contribution is 7.91. The summed E-state index contributed by atoms with van der Waals surface area (Å²) in [6, 6.07) is 0. The van der Waals surface area contributed by atoms with Crippen LogP contribution >= 0.6 is 0 Å². The fraction of sp³-hybridized carbons (Fsp3) is 0.889. The van der Waals surface area contributed by atoms with Gasteiger partial charge in [-0.25, -0.2) is 8.42 Å². The topological polar surface area (TPSA) is 92.7 Å². The second-order valence-electron chi connectivity index (χ2n) is 4.21. The van der Waals surface area contributed by atoms with Crippen LogP contribution in [0.25, 0.3) is 0 Å². The van der Waals surface area contributed by atoms with E-state index in [0.717, 1.165) is 6.26 Å². The third kappa shape index (κ3) is 3.73. The van der Waals surface area contributed by atoms with E-state index in [0.29, 0.717) is 13.0 Å². The lowest BCUT2D eigenvalue weighted by molar-refractivity contribution is -0.120. The van der Waals surface area contributed by atoms with Crippen molar-refractivity contribution in [2.75, 3.05) is 25.2 Å². The standard InChI is InChI=1S/C9H17NO5S/c1-7-9(12,3-4-15-7)6-10-8(11)5-16(2,13)14/h7,12H,3-6H2,1-2H3,(H,10,11). The van der Waals surface area contributed by atoms with Gasteiger partial charge in [-0.3, -0.25) is 4.79 Å². The Morgan fingerprint density at radius 1 is 1.62 bits per heavy atom. The van der Waals surface area contributed by atoms with Gasteiger partial charge in [-0.15, -0.1) is 0 Å². The molecule has 0 spiro atoms. The van der Waals surface area contributed by atoms with E-state index >= 15 is 0 Å². The van der Waals surface area contributed by atoms with Gasteiger partial charge < -0.3 is 15.2 Å². The van der Waals surface area contributed by atoms with Gasteiger partial charge in [0.25, 0.3) is 0 Å². The first-order valence-electron chi connectivity index (χ1n) is 5.01. The first-order chi connectivity index (χ1) is 7.23. The molecule has 0 aromatic carbocycles. The third-order valence-corrected chi connectivity index (χ3v) is 3.43. The number of amides is 1. The number of hydrogen-bond donors (Lipinski definition) is 2. The first kappa shape index (κ1) is 13.4. The van der Waals surface area contributed by atoms with E-state index in [2.05, 4.69) is 5.32 Å². The molecule has 0 aromatic heterocycles. The van der Waals surface area contributed by atoms with Crippen LogP contribution in [0.4, 0.5) is 0 Å². The Morgan fingerprint density at radius 3 is 2.69 bits per heavy atom. The molecule has 1 rings (SSSR count). The molecule has 0 aromatic rings. The number of sulfone groups is 1. The fourth-order valence-corrected chi connectivity index (χ4v) is 2.12. The molecule has 2 unspecified atom stereocenters. The number of ether oxygens (including phenoxy) is 1. The molecule has 1 aliphatic heterocycles. The van der Waals surface area contributed by atoms with Crippen LogP contribution in [0.15, 0.2) is 0 Å². The Kier molecular flexibility index (Phi) is 3.92. The summed E-state index contributed by atoms with van der Waals surface area (Å²) < 4.78 is 26.8. The van der Waals surface area contributed by atoms with Crippen LogP contribution in [-0.2, 0) is 19.4 Å². The van der Waals surface area contributed by atoms with Crippen molar-refractivity contribution in [2.45, 2.75) is 25.0 Å². The molecule has 1 fully saturated rings. The fourth-order valence-electron chi connectivity index (χ4n) is 1.54. The van der Waals surface area contributed by atoms with Gasteiger partial charge in [0.05, 0.1) is 6.10 Å². The molecular formula is C9H17NO5S. The minimum Gasteiger partial charge on any atom is -0.385 e. The van der Waals surface area contributed by atoms with Crippen molar-refractivity contribution in [2.24, 2.45) is 0 Å². The van der Waals surface area contributed by atoms with Crippen LogP contribution in [0.1, 0.15) is 13.3 Å². The molecule has 0 aliphatic carbocycles. The summed E-state index contributed by atoms with van der Waals surface area (Å²) in [5, 5.41) is 12.4. The third-order valence-electron chi connectivity index (χ3n) is 2.64. The summed E-state index contributed by atoms with van der Waals surface area (Å²) in [5.74, 6) is -1.16. The normalized spacial score (nSPS) is 30.3. The SMILES string of the molecule is CC1OCCC1(O)CNC(=O)CS(C)(=O)=O. The number of hydrogen-bond acceptors (Lipinski definition) is 5. The monoisotopic (exact) mass is 251 g/mol. The van der Waals surface area contributed by atoms with Gasteiger partial charge in [0, 0.05) is 25.8 Å². The van der Waals surface area contributed by atoms with Crippen LogP contribution in [0, 0.1) is 0 Å². The average Bonchev–Trinajstić information content (AvgIpc) is 2.42. The molecule has 1 amide bonds. The summed E-state index contributed by atoms with van der Waals surface area (Å²) in [6.07, 6.45) is 1.07. The first-order valence-corrected chi connectivity index (χ1v) is 7.07. The van der Waals surface area contributed by atoms with Crippen molar-refractivity contribution in [1.29, 1.82) is 0 Å². The Hall–Kier alpha value is -0.660. The van der Waals surface area contributed by atoms with Crippen LogP contribution in [0.5, 0.6) is 0 Å². The average molecular weight is 251 g/mol. The lowest BCUT2D eigenvalue weighted by atomic mass is 9.97. The lowest BCUT2D eigenvalue weighted by Crippen LogP contribution is -2.48. The molecule has 1 heterocycles. The van der Waals surface area contributed by atoms with Crippen LogP contribution in [0.2, 0.25) is 0 Å². The highest BCUT2D eigenvalue weighted by Gasteiger charge is 2.39. The van der Waals surface area contributed by atoms with E-state index in [9.17, 15) is 18.3 Å². The molecule has 16 heavy (non-hydrogen) atoms. The highest BCUT2D eigenvalue weighted by Crippen LogP contribution is 2.24. The Bertz CT molecular complexity index is 366. The van der Waals surface area contributed by atoms with E-state index < -0.39 is 27.1 Å². The summed E-state index contributed by atoms with van der Waals surface area (Å²) >= 11 is 0. The van der Waals surface area contributed by atoms with Crippen molar-refractivity contribution in [1.82, 2.24) is 5.32 Å². The van der Waals surface area contributed by atoms with E-state index in [1.165, 1.54) is 0 Å². The summed E-state index contributed by atoms with van der Waals surface area (Å²) in [7, 11) is -3.33. The van der Waals surface area contributed by atoms with Gasteiger partial charge in [-0.1, -0.05) is 0 Å². The Balaban J connectivity index is 2.43. The molecule has 7 heteroatoms. The molecular weight excluding hydrogens is 234 g/mol. The second kappa shape index (κ2) is 4.68. The summed E-state index contributed by atoms with van der Waals surface area (Å²) in [4.78, 5) is 11.2. The maximum Gasteiger partial charge on any atom is 0.235 e. The zero-order valence-electron chi connectivity index (χ0n) is 9.39. The van der Waals surface area contributed by atoms with Gasteiger partial charge in [0.1, 0.15) is 11.4 Å². The highest BCUT2D eigenvalue weighted by atomic mass is 32.2. The number of nitrogens with one attached hydrogen (secondary N) is 1. The lowest BCUT2D eigenvalue weighted by Gasteiger charge is -2.25. The van der Waals surface area contributed by atoms with Crippen molar-refractivity contribution in [3.8, 4) is 0 Å². The van der Waals surface area contributed by atoms with Crippen molar-refractivity contribution in [3.05, 3.63) is 0 Å². The predicted octanol–water partition coefficient (Wildman–Crippen LogP) is -1.31. The number of carbonyl (C=O) groups excluding carboxylic acids is 1. The molecule has 1 saturated heterocycles. The Morgan fingerprint density at radius 2 is 2.25 bits per heavy atom. The smallest absolute Gasteiger partial charge is 0.235 e. The molecule has 0 saturated carbocycles. The molecule has 0 radical (unpaired) electrons. The van der Waals surface area contributed by atoms with Gasteiger partial charge in [0.2, 0.25) is 5.91 Å². The number of carbonyl (C=O) groups is 1. The minimum atomic E-state index is -3.33. The van der Waals surface area contributed by atoms with Gasteiger partial charge in [-0.05, 0) is 6.92 Å². The predicted molar refractivity (Wildman–Crippen MR) is 57.7 cm³/mol. The zero-order valence-corrected chi connectivity index (χ0v) is 10.2. The minimum absolute atomic E-state index is 0.0164. The quantitative estimate of drug-likeness (QED) is 0.647. The summed E-state index contributed by atoms with van der Waals surface area (Å²) in [6.45, 7) is 2.18. The maximum atomic E-state index is 11.2. The van der Waals surface area contributed by atoms with Gasteiger partial charge >= 0.3 is 0 Å². The van der Waals surface area contributed by atoms with Crippen LogP contribution in [-0.4, -0.2) is 56.3 Å². The van der Waals surface area contributed by atoms with Crippen LogP contribution in [0.3, 0.4) is 0 Å². The Labute approximate surface area is 94.9 Å². The van der Waals surface area contributed by atoms with Crippen molar-refractivity contribution < 1.29 is 23.1 Å². The number of rotatable bonds is 4. The molecule has 6 nitrogen and oxygen atoms in total. The van der Waals surface area contributed by atoms with E-state index in [1.807, 2.05) is 0 Å². The number of aliphatic hydroxyl groups is 1. The molecule has 0 bridgehead atoms.